The SMILES string of the molecule is C1=C(CCC2CCCCC2)C2CCC1C2. The van der Waals surface area contributed by atoms with Gasteiger partial charge in [0.25, 0.3) is 0 Å². The maximum atomic E-state index is 2.64. The summed E-state index contributed by atoms with van der Waals surface area (Å²) in [5, 5.41) is 0. The molecule has 0 aromatic heterocycles. The Labute approximate surface area is 94.1 Å². The van der Waals surface area contributed by atoms with Gasteiger partial charge in [0.05, 0.1) is 0 Å². The van der Waals surface area contributed by atoms with Crippen molar-refractivity contribution in [2.45, 2.75) is 64.2 Å². The summed E-state index contributed by atoms with van der Waals surface area (Å²) in [6.45, 7) is 0. The van der Waals surface area contributed by atoms with Gasteiger partial charge in [-0.25, -0.2) is 0 Å². The van der Waals surface area contributed by atoms with Gasteiger partial charge in [-0.2, -0.15) is 0 Å². The molecule has 3 rings (SSSR count). The lowest BCUT2D eigenvalue weighted by molar-refractivity contribution is 0.336. The zero-order valence-electron chi connectivity index (χ0n) is 9.88. The number of rotatable bonds is 3. The first-order valence-electron chi connectivity index (χ1n) is 7.12. The molecule has 2 saturated carbocycles. The molecule has 2 fully saturated rings. The fourth-order valence-electron chi connectivity index (χ4n) is 4.08. The molecule has 3 aliphatic carbocycles. The van der Waals surface area contributed by atoms with E-state index in [-0.39, 0.29) is 0 Å². The Morgan fingerprint density at radius 3 is 2.53 bits per heavy atom. The van der Waals surface area contributed by atoms with Crippen LogP contribution in [0.5, 0.6) is 0 Å². The Balaban J connectivity index is 1.47. The number of allylic oxidation sites excluding steroid dienone is 2. The number of fused-ring (bicyclic) bond motifs is 2. The topological polar surface area (TPSA) is 0 Å². The largest absolute Gasteiger partial charge is 0.0819 e. The van der Waals surface area contributed by atoms with E-state index in [1.165, 1.54) is 64.2 Å². The highest BCUT2D eigenvalue weighted by molar-refractivity contribution is 5.19. The van der Waals surface area contributed by atoms with Gasteiger partial charge >= 0.3 is 0 Å². The Bertz CT molecular complexity index is 245. The average Bonchev–Trinajstić information content (AvgIpc) is 2.89. The van der Waals surface area contributed by atoms with Gasteiger partial charge in [-0.05, 0) is 49.9 Å². The molecule has 0 N–H and O–H groups in total. The quantitative estimate of drug-likeness (QED) is 0.584. The van der Waals surface area contributed by atoms with Crippen LogP contribution in [0.3, 0.4) is 0 Å². The molecule has 0 radical (unpaired) electrons. The van der Waals surface area contributed by atoms with E-state index in [1.54, 1.807) is 0 Å². The number of hydrogen-bond donors (Lipinski definition) is 0. The van der Waals surface area contributed by atoms with E-state index < -0.39 is 0 Å². The van der Waals surface area contributed by atoms with Crippen molar-refractivity contribution in [3.05, 3.63) is 11.6 Å². The first-order chi connectivity index (χ1) is 7.42. The van der Waals surface area contributed by atoms with Gasteiger partial charge in [0.1, 0.15) is 0 Å². The van der Waals surface area contributed by atoms with Crippen LogP contribution in [0, 0.1) is 17.8 Å². The highest BCUT2D eigenvalue weighted by atomic mass is 14.4. The van der Waals surface area contributed by atoms with Gasteiger partial charge in [-0.15, -0.1) is 0 Å². The van der Waals surface area contributed by atoms with Crippen LogP contribution in [-0.2, 0) is 0 Å². The van der Waals surface area contributed by atoms with Crippen molar-refractivity contribution in [3.63, 3.8) is 0 Å². The molecule has 84 valence electrons. The molecule has 2 unspecified atom stereocenters. The molecule has 0 aromatic carbocycles. The molecule has 0 spiro atoms. The van der Waals surface area contributed by atoms with E-state index in [0.29, 0.717) is 0 Å². The second kappa shape index (κ2) is 4.31. The maximum Gasteiger partial charge on any atom is -0.0197 e. The minimum Gasteiger partial charge on any atom is -0.0819 e. The van der Waals surface area contributed by atoms with Crippen LogP contribution in [-0.4, -0.2) is 0 Å². The third-order valence-electron chi connectivity index (χ3n) is 5.01. The highest BCUT2D eigenvalue weighted by Crippen LogP contribution is 2.45. The zero-order valence-corrected chi connectivity index (χ0v) is 9.88. The molecular weight excluding hydrogens is 180 g/mol. The Morgan fingerprint density at radius 1 is 1.00 bits per heavy atom. The molecular formula is C15H24. The molecule has 0 nitrogen and oxygen atoms in total. The predicted octanol–water partition coefficient (Wildman–Crippen LogP) is 4.70. The Hall–Kier alpha value is -0.260. The minimum atomic E-state index is 0.997. The minimum absolute atomic E-state index is 0.997. The Kier molecular flexibility index (Phi) is 2.86. The van der Waals surface area contributed by atoms with Crippen LogP contribution in [0.1, 0.15) is 64.2 Å². The average molecular weight is 204 g/mol. The van der Waals surface area contributed by atoms with E-state index in [1.807, 2.05) is 5.57 Å². The lowest BCUT2D eigenvalue weighted by Crippen LogP contribution is -2.07. The second-order valence-electron chi connectivity index (χ2n) is 6.05. The summed E-state index contributed by atoms with van der Waals surface area (Å²) in [5.74, 6) is 3.11. The van der Waals surface area contributed by atoms with E-state index in [4.69, 9.17) is 0 Å². The molecule has 3 aliphatic rings. The van der Waals surface area contributed by atoms with Crippen LogP contribution in [0.4, 0.5) is 0 Å². The van der Waals surface area contributed by atoms with Gasteiger partial charge in [0.2, 0.25) is 0 Å². The van der Waals surface area contributed by atoms with Crippen molar-refractivity contribution < 1.29 is 0 Å². The van der Waals surface area contributed by atoms with E-state index in [0.717, 1.165) is 17.8 Å². The summed E-state index contributed by atoms with van der Waals surface area (Å²) < 4.78 is 0. The summed E-state index contributed by atoms with van der Waals surface area (Å²) in [7, 11) is 0. The number of hydrogen-bond acceptors (Lipinski definition) is 0. The van der Waals surface area contributed by atoms with E-state index in [9.17, 15) is 0 Å². The van der Waals surface area contributed by atoms with Crippen LogP contribution in [0.25, 0.3) is 0 Å². The molecule has 0 aromatic rings. The molecule has 0 heteroatoms. The second-order valence-corrected chi connectivity index (χ2v) is 6.05. The van der Waals surface area contributed by atoms with Crippen molar-refractivity contribution >= 4 is 0 Å². The summed E-state index contributed by atoms with van der Waals surface area (Å²) in [6.07, 6.45) is 17.7. The van der Waals surface area contributed by atoms with Crippen LogP contribution in [0.15, 0.2) is 11.6 Å². The van der Waals surface area contributed by atoms with Crippen LogP contribution >= 0.6 is 0 Å². The van der Waals surface area contributed by atoms with Crippen LogP contribution in [0.2, 0.25) is 0 Å². The first kappa shape index (κ1) is 9.93. The summed E-state index contributed by atoms with van der Waals surface area (Å²) in [5.41, 5.74) is 1.86. The highest BCUT2D eigenvalue weighted by Gasteiger charge is 2.32. The zero-order chi connectivity index (χ0) is 10.1. The predicted molar refractivity (Wildman–Crippen MR) is 64.7 cm³/mol. The molecule has 2 atom stereocenters. The van der Waals surface area contributed by atoms with Crippen molar-refractivity contribution in [3.8, 4) is 0 Å². The lowest BCUT2D eigenvalue weighted by Gasteiger charge is -2.23. The third kappa shape index (κ3) is 2.14. The first-order valence-corrected chi connectivity index (χ1v) is 7.12. The van der Waals surface area contributed by atoms with Gasteiger partial charge < -0.3 is 0 Å². The monoisotopic (exact) mass is 204 g/mol. The molecule has 2 bridgehead atoms. The van der Waals surface area contributed by atoms with Crippen molar-refractivity contribution in [1.82, 2.24) is 0 Å². The van der Waals surface area contributed by atoms with Crippen molar-refractivity contribution in [2.75, 3.05) is 0 Å². The van der Waals surface area contributed by atoms with Crippen LogP contribution < -0.4 is 0 Å². The molecule has 15 heavy (non-hydrogen) atoms. The molecule has 0 aliphatic heterocycles. The molecule has 0 heterocycles. The van der Waals surface area contributed by atoms with E-state index >= 15 is 0 Å². The lowest BCUT2D eigenvalue weighted by atomic mass is 9.83. The summed E-state index contributed by atoms with van der Waals surface area (Å²) in [6, 6.07) is 0. The molecule has 0 saturated heterocycles. The summed E-state index contributed by atoms with van der Waals surface area (Å²) >= 11 is 0. The third-order valence-corrected chi connectivity index (χ3v) is 5.01. The van der Waals surface area contributed by atoms with Crippen molar-refractivity contribution in [1.29, 1.82) is 0 Å². The Morgan fingerprint density at radius 2 is 1.87 bits per heavy atom. The van der Waals surface area contributed by atoms with Gasteiger partial charge in [-0.1, -0.05) is 43.8 Å². The maximum absolute atomic E-state index is 2.64. The normalized spacial score (nSPS) is 35.9. The van der Waals surface area contributed by atoms with Crippen molar-refractivity contribution in [2.24, 2.45) is 17.8 Å². The van der Waals surface area contributed by atoms with Gasteiger partial charge in [0.15, 0.2) is 0 Å². The fraction of sp³-hybridized carbons (Fsp3) is 0.867. The standard InChI is InChI=1S/C15H24/c1-2-4-12(5-3-1)6-8-14-10-13-7-9-15(14)11-13/h10,12-13,15H,1-9,11H2. The summed E-state index contributed by atoms with van der Waals surface area (Å²) in [4.78, 5) is 0. The van der Waals surface area contributed by atoms with E-state index in [2.05, 4.69) is 6.08 Å². The van der Waals surface area contributed by atoms with Gasteiger partial charge in [-0.3, -0.25) is 0 Å². The van der Waals surface area contributed by atoms with Gasteiger partial charge in [0, 0.05) is 0 Å². The molecule has 0 amide bonds. The smallest absolute Gasteiger partial charge is 0.0197 e. The fourth-order valence-corrected chi connectivity index (χ4v) is 4.08.